The van der Waals surface area contributed by atoms with Gasteiger partial charge in [0.15, 0.2) is 11.6 Å². The molecule has 0 bridgehead atoms. The molecule has 0 saturated heterocycles. The number of hydrogen-bond donors (Lipinski definition) is 0. The van der Waals surface area contributed by atoms with Gasteiger partial charge in [0.25, 0.3) is 0 Å². The number of Topliss-reactive ketones (excluding diaryl/α,β-unsaturated/α-hetero) is 2. The summed E-state index contributed by atoms with van der Waals surface area (Å²) < 4.78 is 0. The van der Waals surface area contributed by atoms with Crippen molar-refractivity contribution in [2.24, 2.45) is 42.1 Å². The number of carbonyl (C=O) groups excluding carboxylic acids is 2. The van der Waals surface area contributed by atoms with E-state index >= 15 is 0 Å². The molecule has 6 nitrogen and oxygen atoms in total. The maximum absolute atomic E-state index is 13.4. The van der Waals surface area contributed by atoms with Crippen LogP contribution in [0.1, 0.15) is 131 Å². The number of nitrogens with zero attached hydrogens (tertiary/aromatic N) is 4. The summed E-state index contributed by atoms with van der Waals surface area (Å²) in [6.07, 6.45) is 20.1. The lowest BCUT2D eigenvalue weighted by atomic mass is 9.72. The molecule has 0 aliphatic heterocycles. The van der Waals surface area contributed by atoms with Crippen LogP contribution < -0.4 is 0 Å². The zero-order valence-corrected chi connectivity index (χ0v) is 36.0. The Morgan fingerprint density at radius 1 is 0.429 bits per heavy atom. The average Bonchev–Trinajstić information content (AvgIpc) is 3.11. The number of benzene rings is 2. The van der Waals surface area contributed by atoms with Gasteiger partial charge in [-0.05, 0) is 154 Å². The van der Waals surface area contributed by atoms with Crippen LogP contribution in [0.2, 0.25) is 0 Å². The molecular weight excluding hydrogens is 689 g/mol. The van der Waals surface area contributed by atoms with E-state index in [4.69, 9.17) is 10.2 Å². The summed E-state index contributed by atoms with van der Waals surface area (Å²) in [5.74, 6) is 0.244. The molecule has 6 rings (SSSR count). The smallest absolute Gasteiger partial charge is 0.186 e. The van der Waals surface area contributed by atoms with Crippen LogP contribution in [0.3, 0.4) is 0 Å². The molecule has 0 radical (unpaired) electrons. The molecule has 0 fully saturated rings. The second kappa shape index (κ2) is 15.4. The first-order chi connectivity index (χ1) is 26.1. The van der Waals surface area contributed by atoms with Crippen molar-refractivity contribution in [2.75, 3.05) is 0 Å². The van der Waals surface area contributed by atoms with Gasteiger partial charge in [0.05, 0.1) is 23.8 Å². The summed E-state index contributed by atoms with van der Waals surface area (Å²) in [6, 6.07) is 8.78. The van der Waals surface area contributed by atoms with Gasteiger partial charge in [0.2, 0.25) is 0 Å². The van der Waals surface area contributed by atoms with Crippen molar-refractivity contribution in [2.45, 2.75) is 134 Å². The van der Waals surface area contributed by atoms with Gasteiger partial charge in [-0.3, -0.25) is 9.59 Å². The van der Waals surface area contributed by atoms with Crippen molar-refractivity contribution in [1.29, 1.82) is 0 Å². The Kier molecular flexibility index (Phi) is 11.3. The van der Waals surface area contributed by atoms with E-state index in [2.05, 4.69) is 118 Å². The summed E-state index contributed by atoms with van der Waals surface area (Å²) in [6.45, 7) is 25.1. The van der Waals surface area contributed by atoms with E-state index in [9.17, 15) is 9.59 Å². The maximum Gasteiger partial charge on any atom is 0.186 e. The first kappa shape index (κ1) is 41.1. The minimum absolute atomic E-state index is 0.122. The van der Waals surface area contributed by atoms with Crippen LogP contribution in [0.5, 0.6) is 0 Å². The summed E-state index contributed by atoms with van der Waals surface area (Å²) >= 11 is 0. The van der Waals surface area contributed by atoms with Crippen LogP contribution in [-0.2, 0) is 35.3 Å². The number of allylic oxidation sites excluding steroid dienone is 10. The lowest BCUT2D eigenvalue weighted by Gasteiger charge is -2.31. The van der Waals surface area contributed by atoms with Gasteiger partial charge in [0, 0.05) is 22.3 Å². The molecule has 0 aromatic heterocycles. The number of fused-ring (bicyclic) bond motifs is 2. The van der Waals surface area contributed by atoms with E-state index in [0.717, 1.165) is 96.2 Å². The van der Waals surface area contributed by atoms with Crippen LogP contribution >= 0.6 is 0 Å². The number of carbonyl (C=O) groups is 2. The molecule has 0 heterocycles. The van der Waals surface area contributed by atoms with Crippen LogP contribution in [-0.4, -0.2) is 11.6 Å². The van der Waals surface area contributed by atoms with Crippen molar-refractivity contribution in [3.05, 3.63) is 117 Å². The molecule has 4 aliphatic rings. The SMILES string of the molecule is CC(C)(C)C1=CC(=CN=Nc2ccc(-c3ccc(N=NC=C4C=C(C(C)(C)C)C(=O)C(C(C)(C)C)=C4)c4c3CCCC4)c3c2CCCC3)C=C(C(C)(C)C)C1=O. The average molecular weight is 751 g/mol. The van der Waals surface area contributed by atoms with Gasteiger partial charge in [-0.1, -0.05) is 95.2 Å². The van der Waals surface area contributed by atoms with Gasteiger partial charge < -0.3 is 0 Å². The van der Waals surface area contributed by atoms with Crippen LogP contribution in [0.25, 0.3) is 11.1 Å². The Labute approximate surface area is 335 Å². The third-order valence-electron chi connectivity index (χ3n) is 11.5. The fraction of sp³-hybridized carbons (Fsp3) is 0.480. The molecule has 0 spiro atoms. The molecule has 2 aromatic rings. The molecule has 294 valence electrons. The second-order valence-corrected chi connectivity index (χ2v) is 20.2. The maximum atomic E-state index is 13.4. The number of ketones is 2. The third kappa shape index (κ3) is 8.70. The van der Waals surface area contributed by atoms with E-state index < -0.39 is 0 Å². The van der Waals surface area contributed by atoms with E-state index in [1.807, 2.05) is 24.3 Å². The molecule has 0 saturated carbocycles. The predicted molar refractivity (Wildman–Crippen MR) is 231 cm³/mol. The third-order valence-corrected chi connectivity index (χ3v) is 11.5. The lowest BCUT2D eigenvalue weighted by Crippen LogP contribution is -2.27. The first-order valence-corrected chi connectivity index (χ1v) is 20.6. The van der Waals surface area contributed by atoms with Gasteiger partial charge >= 0.3 is 0 Å². The highest BCUT2D eigenvalue weighted by atomic mass is 16.1. The first-order valence-electron chi connectivity index (χ1n) is 20.6. The van der Waals surface area contributed by atoms with Crippen molar-refractivity contribution < 1.29 is 9.59 Å². The summed E-state index contributed by atoms with van der Waals surface area (Å²) in [5.41, 5.74) is 13.8. The van der Waals surface area contributed by atoms with Gasteiger partial charge in [-0.2, -0.15) is 20.5 Å². The summed E-state index contributed by atoms with van der Waals surface area (Å²) in [7, 11) is 0. The van der Waals surface area contributed by atoms with Crippen molar-refractivity contribution >= 4 is 22.9 Å². The minimum atomic E-state index is -0.273. The summed E-state index contributed by atoms with van der Waals surface area (Å²) in [5, 5.41) is 18.9. The highest BCUT2D eigenvalue weighted by Gasteiger charge is 2.35. The molecule has 0 unspecified atom stereocenters. The quantitative estimate of drug-likeness (QED) is 0.285. The zero-order valence-electron chi connectivity index (χ0n) is 36.0. The minimum Gasteiger partial charge on any atom is -0.289 e. The largest absolute Gasteiger partial charge is 0.289 e. The van der Waals surface area contributed by atoms with E-state index in [1.54, 1.807) is 12.4 Å². The van der Waals surface area contributed by atoms with Gasteiger partial charge in [-0.25, -0.2) is 0 Å². The molecule has 2 aromatic carbocycles. The lowest BCUT2D eigenvalue weighted by molar-refractivity contribution is -0.114. The zero-order chi connectivity index (χ0) is 40.8. The van der Waals surface area contributed by atoms with E-state index in [0.29, 0.717) is 0 Å². The molecule has 4 aliphatic carbocycles. The summed E-state index contributed by atoms with van der Waals surface area (Å²) in [4.78, 5) is 26.8. The van der Waals surface area contributed by atoms with Crippen LogP contribution in [0.15, 0.2) is 115 Å². The predicted octanol–water partition coefficient (Wildman–Crippen LogP) is 14.1. The highest BCUT2D eigenvalue weighted by Crippen LogP contribution is 2.44. The van der Waals surface area contributed by atoms with Crippen molar-refractivity contribution in [3.63, 3.8) is 0 Å². The molecular formula is C50H62N4O2. The van der Waals surface area contributed by atoms with E-state index in [-0.39, 0.29) is 33.2 Å². The normalized spacial score (nSPS) is 18.4. The number of hydrogen-bond acceptors (Lipinski definition) is 6. The molecule has 0 amide bonds. The fourth-order valence-corrected chi connectivity index (χ4v) is 8.38. The number of azo groups is 2. The fourth-order valence-electron chi connectivity index (χ4n) is 8.38. The molecule has 0 atom stereocenters. The number of rotatable bonds is 5. The Hall–Kier alpha value is -4.58. The Bertz CT molecular complexity index is 1970. The Morgan fingerprint density at radius 2 is 0.714 bits per heavy atom. The van der Waals surface area contributed by atoms with Crippen LogP contribution in [0.4, 0.5) is 11.4 Å². The molecule has 6 heteroatoms. The topological polar surface area (TPSA) is 83.6 Å². The van der Waals surface area contributed by atoms with Crippen molar-refractivity contribution in [1.82, 2.24) is 0 Å². The second-order valence-electron chi connectivity index (χ2n) is 20.2. The van der Waals surface area contributed by atoms with E-state index in [1.165, 1.54) is 33.4 Å². The van der Waals surface area contributed by atoms with Gasteiger partial charge in [0.1, 0.15) is 0 Å². The van der Waals surface area contributed by atoms with Crippen LogP contribution in [0, 0.1) is 21.7 Å². The Morgan fingerprint density at radius 3 is 1.00 bits per heavy atom. The van der Waals surface area contributed by atoms with Gasteiger partial charge in [-0.15, -0.1) is 0 Å². The molecule has 56 heavy (non-hydrogen) atoms. The monoisotopic (exact) mass is 750 g/mol. The highest BCUT2D eigenvalue weighted by molar-refractivity contribution is 6.12. The molecule has 0 N–H and O–H groups in total. The standard InChI is InChI=1S/C50H62N4O2/c1-47(2,3)39-25-31(26-40(45(39)55)48(4,5)6)29-51-53-43-23-21-35(33-17-13-15-19-37(33)43)36-22-24-44(38-20-16-14-18-34(36)38)54-52-30-32-27-41(49(7,8)9)46(56)42(28-32)50(10,11)12/h21-30H,13-20H2,1-12H3. The Balaban J connectivity index is 1.34. The van der Waals surface area contributed by atoms with Crippen molar-refractivity contribution in [3.8, 4) is 11.1 Å².